The molecule has 0 aromatic rings. The molecule has 3 fully saturated rings. The molecule has 0 amide bonds. The highest BCUT2D eigenvalue weighted by Crippen LogP contribution is 2.39. The fourth-order valence-electron chi connectivity index (χ4n) is 4.94. The average molecular weight is 264 g/mol. The Morgan fingerprint density at radius 3 is 2.74 bits per heavy atom. The van der Waals surface area contributed by atoms with Gasteiger partial charge in [-0.3, -0.25) is 4.90 Å². The summed E-state index contributed by atoms with van der Waals surface area (Å²) in [4.78, 5) is 2.95. The van der Waals surface area contributed by atoms with E-state index in [1.54, 1.807) is 0 Å². The van der Waals surface area contributed by atoms with Gasteiger partial charge in [0.15, 0.2) is 0 Å². The molecule has 0 spiro atoms. The highest BCUT2D eigenvalue weighted by atomic mass is 15.2. The van der Waals surface area contributed by atoms with Crippen molar-refractivity contribution >= 4 is 0 Å². The van der Waals surface area contributed by atoms with Gasteiger partial charge in [0, 0.05) is 18.1 Å². The lowest BCUT2D eigenvalue weighted by atomic mass is 9.85. The van der Waals surface area contributed by atoms with Crippen LogP contribution in [0.4, 0.5) is 0 Å². The lowest BCUT2D eigenvalue weighted by molar-refractivity contribution is 0.0430. The van der Waals surface area contributed by atoms with Crippen molar-refractivity contribution in [2.45, 2.75) is 89.3 Å². The Morgan fingerprint density at radius 2 is 1.84 bits per heavy atom. The molecule has 2 nitrogen and oxygen atoms in total. The van der Waals surface area contributed by atoms with Crippen LogP contribution < -0.4 is 5.32 Å². The second-order valence-corrected chi connectivity index (χ2v) is 7.11. The van der Waals surface area contributed by atoms with Crippen LogP contribution >= 0.6 is 0 Å². The zero-order chi connectivity index (χ0) is 13.1. The van der Waals surface area contributed by atoms with Crippen LogP contribution in [-0.4, -0.2) is 36.1 Å². The number of nitrogens with zero attached hydrogens (tertiary/aromatic N) is 1. The Balaban J connectivity index is 1.57. The first-order valence-corrected chi connectivity index (χ1v) is 8.87. The van der Waals surface area contributed by atoms with Crippen LogP contribution in [0, 0.1) is 5.92 Å². The quantitative estimate of drug-likeness (QED) is 0.835. The Bertz CT molecular complexity index is 278. The summed E-state index contributed by atoms with van der Waals surface area (Å²) >= 11 is 0. The summed E-state index contributed by atoms with van der Waals surface area (Å²) in [6.07, 6.45) is 14.5. The van der Waals surface area contributed by atoms with Crippen molar-refractivity contribution in [1.82, 2.24) is 10.2 Å². The summed E-state index contributed by atoms with van der Waals surface area (Å²) in [7, 11) is 0. The normalized spacial score (nSPS) is 40.3. The van der Waals surface area contributed by atoms with Gasteiger partial charge in [0.25, 0.3) is 0 Å². The predicted molar refractivity (Wildman–Crippen MR) is 81.4 cm³/mol. The summed E-state index contributed by atoms with van der Waals surface area (Å²) in [5.74, 6) is 1.05. The van der Waals surface area contributed by atoms with Gasteiger partial charge in [-0.15, -0.1) is 0 Å². The first-order valence-electron chi connectivity index (χ1n) is 8.87. The number of fused-ring (bicyclic) bond motifs is 1. The van der Waals surface area contributed by atoms with E-state index in [-0.39, 0.29) is 0 Å². The van der Waals surface area contributed by atoms with Gasteiger partial charge in [-0.25, -0.2) is 0 Å². The number of likely N-dealkylation sites (tertiary alicyclic amines) is 1. The SMILES string of the molecule is CCCNC1CCCC(N2CCCC3CCCC32)C1. The molecule has 4 unspecified atom stereocenters. The fraction of sp³-hybridized carbons (Fsp3) is 1.00. The number of piperidine rings is 1. The number of rotatable bonds is 4. The molecule has 4 atom stereocenters. The second kappa shape index (κ2) is 6.58. The van der Waals surface area contributed by atoms with Crippen LogP contribution in [0.25, 0.3) is 0 Å². The van der Waals surface area contributed by atoms with Gasteiger partial charge in [0.1, 0.15) is 0 Å². The van der Waals surface area contributed by atoms with E-state index in [0.29, 0.717) is 0 Å². The van der Waals surface area contributed by atoms with Gasteiger partial charge in [-0.2, -0.15) is 0 Å². The van der Waals surface area contributed by atoms with Gasteiger partial charge in [-0.1, -0.05) is 19.8 Å². The molecule has 1 heterocycles. The van der Waals surface area contributed by atoms with Gasteiger partial charge in [0.05, 0.1) is 0 Å². The van der Waals surface area contributed by atoms with Crippen LogP contribution in [0.15, 0.2) is 0 Å². The number of hydrogen-bond acceptors (Lipinski definition) is 2. The molecule has 110 valence electrons. The topological polar surface area (TPSA) is 15.3 Å². The minimum absolute atomic E-state index is 0.806. The van der Waals surface area contributed by atoms with Crippen molar-refractivity contribution in [3.63, 3.8) is 0 Å². The second-order valence-electron chi connectivity index (χ2n) is 7.11. The lowest BCUT2D eigenvalue weighted by Gasteiger charge is -2.45. The van der Waals surface area contributed by atoms with E-state index in [2.05, 4.69) is 17.1 Å². The summed E-state index contributed by atoms with van der Waals surface area (Å²) < 4.78 is 0. The molecule has 0 aromatic carbocycles. The third-order valence-corrected chi connectivity index (χ3v) is 5.83. The Hall–Kier alpha value is -0.0800. The molecule has 0 aromatic heterocycles. The maximum Gasteiger partial charge on any atom is 0.0126 e. The Labute approximate surface area is 119 Å². The molecular formula is C17H32N2. The van der Waals surface area contributed by atoms with Crippen molar-refractivity contribution in [3.05, 3.63) is 0 Å². The standard InChI is InChI=1S/C17H32N2/c1-2-11-18-15-8-4-9-16(13-15)19-12-5-7-14-6-3-10-17(14)19/h14-18H,2-13H2,1H3. The molecule has 2 heteroatoms. The smallest absolute Gasteiger partial charge is 0.0126 e. The predicted octanol–water partition coefficient (Wildman–Crippen LogP) is 3.56. The van der Waals surface area contributed by atoms with Crippen LogP contribution in [0.5, 0.6) is 0 Å². The van der Waals surface area contributed by atoms with E-state index in [9.17, 15) is 0 Å². The van der Waals surface area contributed by atoms with Crippen LogP contribution in [-0.2, 0) is 0 Å². The largest absolute Gasteiger partial charge is 0.314 e. The van der Waals surface area contributed by atoms with Crippen molar-refractivity contribution < 1.29 is 0 Å². The summed E-state index contributed by atoms with van der Waals surface area (Å²) in [5, 5.41) is 3.77. The summed E-state index contributed by atoms with van der Waals surface area (Å²) in [6.45, 7) is 4.89. The number of hydrogen-bond donors (Lipinski definition) is 1. The van der Waals surface area contributed by atoms with Crippen LogP contribution in [0.3, 0.4) is 0 Å². The minimum atomic E-state index is 0.806. The maximum atomic E-state index is 3.77. The van der Waals surface area contributed by atoms with Gasteiger partial charge >= 0.3 is 0 Å². The van der Waals surface area contributed by atoms with E-state index in [1.165, 1.54) is 77.3 Å². The molecule has 1 aliphatic heterocycles. The first kappa shape index (κ1) is 13.9. The monoisotopic (exact) mass is 264 g/mol. The third-order valence-electron chi connectivity index (χ3n) is 5.83. The Kier molecular flexibility index (Phi) is 4.81. The van der Waals surface area contributed by atoms with Crippen molar-refractivity contribution in [1.29, 1.82) is 0 Å². The molecule has 1 saturated heterocycles. The lowest BCUT2D eigenvalue weighted by Crippen LogP contribution is -2.52. The van der Waals surface area contributed by atoms with E-state index < -0.39 is 0 Å². The van der Waals surface area contributed by atoms with Crippen molar-refractivity contribution in [2.75, 3.05) is 13.1 Å². The summed E-state index contributed by atoms with van der Waals surface area (Å²) in [6, 6.07) is 2.66. The zero-order valence-electron chi connectivity index (χ0n) is 12.7. The zero-order valence-corrected chi connectivity index (χ0v) is 12.7. The van der Waals surface area contributed by atoms with E-state index in [4.69, 9.17) is 0 Å². The first-order chi connectivity index (χ1) is 9.38. The number of nitrogens with one attached hydrogen (secondary N) is 1. The molecule has 2 aliphatic carbocycles. The van der Waals surface area contributed by atoms with Crippen LogP contribution in [0.1, 0.15) is 71.1 Å². The average Bonchev–Trinajstić information content (AvgIpc) is 2.93. The molecule has 2 saturated carbocycles. The molecule has 0 bridgehead atoms. The van der Waals surface area contributed by atoms with E-state index in [0.717, 1.165) is 24.0 Å². The molecule has 0 radical (unpaired) electrons. The van der Waals surface area contributed by atoms with Gasteiger partial charge < -0.3 is 5.32 Å². The minimum Gasteiger partial charge on any atom is -0.314 e. The highest BCUT2D eigenvalue weighted by Gasteiger charge is 2.39. The fourth-order valence-corrected chi connectivity index (χ4v) is 4.94. The highest BCUT2D eigenvalue weighted by molar-refractivity contribution is 4.94. The molecule has 3 aliphatic rings. The van der Waals surface area contributed by atoms with Crippen molar-refractivity contribution in [3.8, 4) is 0 Å². The molecule has 19 heavy (non-hydrogen) atoms. The third kappa shape index (κ3) is 3.16. The van der Waals surface area contributed by atoms with E-state index in [1.807, 2.05) is 0 Å². The summed E-state index contributed by atoms with van der Waals surface area (Å²) in [5.41, 5.74) is 0. The molecule has 3 rings (SSSR count). The van der Waals surface area contributed by atoms with Gasteiger partial charge in [0.2, 0.25) is 0 Å². The van der Waals surface area contributed by atoms with E-state index >= 15 is 0 Å². The Morgan fingerprint density at radius 1 is 1.00 bits per heavy atom. The van der Waals surface area contributed by atoms with Crippen LogP contribution in [0.2, 0.25) is 0 Å². The maximum absolute atomic E-state index is 3.77. The van der Waals surface area contributed by atoms with Gasteiger partial charge in [-0.05, 0) is 70.4 Å². The van der Waals surface area contributed by atoms with Crippen molar-refractivity contribution in [2.24, 2.45) is 5.92 Å². The molecule has 1 N–H and O–H groups in total. The molecular weight excluding hydrogens is 232 g/mol.